The van der Waals surface area contributed by atoms with Gasteiger partial charge in [-0.2, -0.15) is 0 Å². The van der Waals surface area contributed by atoms with E-state index in [9.17, 15) is 9.59 Å². The number of aliphatic hydroxyl groups excluding tert-OH is 3. The lowest BCUT2D eigenvalue weighted by Crippen LogP contribution is -2.30. The van der Waals surface area contributed by atoms with Crippen molar-refractivity contribution >= 4 is 11.6 Å². The number of ketones is 2. The van der Waals surface area contributed by atoms with Gasteiger partial charge < -0.3 is 15.3 Å². The van der Waals surface area contributed by atoms with Crippen LogP contribution in [0.3, 0.4) is 0 Å². The van der Waals surface area contributed by atoms with Gasteiger partial charge in [0, 0.05) is 0 Å². The standard InChI is InChI=1S/C5H6O5/c6-1-2(7)4(9)5(10)3(1)8/h1-3,6-8H. The van der Waals surface area contributed by atoms with Gasteiger partial charge in [-0.15, -0.1) is 0 Å². The Bertz CT molecular complexity index is 166. The van der Waals surface area contributed by atoms with Gasteiger partial charge in [-0.3, -0.25) is 9.59 Å². The molecule has 0 aromatic carbocycles. The Morgan fingerprint density at radius 1 is 0.900 bits per heavy atom. The van der Waals surface area contributed by atoms with E-state index in [0.717, 1.165) is 0 Å². The van der Waals surface area contributed by atoms with Crippen molar-refractivity contribution < 1.29 is 24.9 Å². The first-order valence-corrected chi connectivity index (χ1v) is 2.68. The fourth-order valence-corrected chi connectivity index (χ4v) is 0.774. The molecule has 0 heterocycles. The van der Waals surface area contributed by atoms with Crippen LogP contribution in [0.25, 0.3) is 0 Å². The van der Waals surface area contributed by atoms with Gasteiger partial charge in [-0.05, 0) is 0 Å². The summed E-state index contributed by atoms with van der Waals surface area (Å²) in [5.74, 6) is -2.25. The Hall–Kier alpha value is -0.780. The Labute approximate surface area is 55.9 Å². The zero-order valence-corrected chi connectivity index (χ0v) is 4.89. The van der Waals surface area contributed by atoms with Crippen LogP contribution in [-0.2, 0) is 9.59 Å². The molecule has 2 atom stereocenters. The van der Waals surface area contributed by atoms with Gasteiger partial charge in [0.25, 0.3) is 0 Å². The quantitative estimate of drug-likeness (QED) is 0.321. The molecule has 0 aromatic heterocycles. The second-order valence-corrected chi connectivity index (χ2v) is 2.11. The summed E-state index contributed by atoms with van der Waals surface area (Å²) >= 11 is 0. The average Bonchev–Trinajstić information content (AvgIpc) is 2.07. The van der Waals surface area contributed by atoms with E-state index in [1.165, 1.54) is 0 Å². The van der Waals surface area contributed by atoms with Crippen LogP contribution in [0, 0.1) is 0 Å². The average molecular weight is 146 g/mol. The third-order valence-electron chi connectivity index (χ3n) is 1.43. The molecule has 0 amide bonds. The topological polar surface area (TPSA) is 94.8 Å². The lowest BCUT2D eigenvalue weighted by molar-refractivity contribution is -0.139. The molecule has 0 aliphatic heterocycles. The number of hydrogen-bond donors (Lipinski definition) is 3. The van der Waals surface area contributed by atoms with Crippen molar-refractivity contribution in [2.75, 3.05) is 0 Å². The van der Waals surface area contributed by atoms with Gasteiger partial charge in [0.15, 0.2) is 0 Å². The number of aliphatic hydroxyl groups is 3. The van der Waals surface area contributed by atoms with Gasteiger partial charge >= 0.3 is 0 Å². The Kier molecular flexibility index (Phi) is 1.55. The molecule has 1 rings (SSSR count). The second kappa shape index (κ2) is 2.12. The van der Waals surface area contributed by atoms with Gasteiger partial charge in [-0.1, -0.05) is 0 Å². The van der Waals surface area contributed by atoms with Crippen LogP contribution in [-0.4, -0.2) is 45.2 Å². The summed E-state index contributed by atoms with van der Waals surface area (Å²) in [5.41, 5.74) is 0. The lowest BCUT2D eigenvalue weighted by atomic mass is 10.2. The predicted octanol–water partition coefficient (Wildman–Crippen LogP) is -2.78. The van der Waals surface area contributed by atoms with E-state index in [1.807, 2.05) is 0 Å². The zero-order chi connectivity index (χ0) is 7.89. The lowest BCUT2D eigenvalue weighted by Gasteiger charge is -2.05. The predicted molar refractivity (Wildman–Crippen MR) is 28.0 cm³/mol. The van der Waals surface area contributed by atoms with Crippen LogP contribution in [0.5, 0.6) is 0 Å². The number of hydrogen-bond acceptors (Lipinski definition) is 5. The third kappa shape index (κ3) is 0.756. The smallest absolute Gasteiger partial charge is 0.232 e. The first kappa shape index (κ1) is 7.33. The van der Waals surface area contributed by atoms with Crippen molar-refractivity contribution in [3.8, 4) is 0 Å². The van der Waals surface area contributed by atoms with Crippen LogP contribution in [0.1, 0.15) is 0 Å². The van der Waals surface area contributed by atoms with E-state index in [1.54, 1.807) is 0 Å². The molecule has 1 aliphatic rings. The maximum Gasteiger partial charge on any atom is 0.232 e. The second-order valence-electron chi connectivity index (χ2n) is 2.11. The number of carbonyl (C=O) groups is 2. The van der Waals surface area contributed by atoms with Gasteiger partial charge in [0.1, 0.15) is 18.3 Å². The fourth-order valence-electron chi connectivity index (χ4n) is 0.774. The summed E-state index contributed by atoms with van der Waals surface area (Å²) in [7, 11) is 0. The molecular weight excluding hydrogens is 140 g/mol. The minimum absolute atomic E-state index is 1.12. The molecule has 0 bridgehead atoms. The maximum absolute atomic E-state index is 10.4. The number of Topliss-reactive ketones (excluding diaryl/α,β-unsaturated/α-hetero) is 2. The highest BCUT2D eigenvalue weighted by Crippen LogP contribution is 2.12. The molecule has 0 saturated heterocycles. The van der Waals surface area contributed by atoms with Crippen LogP contribution in [0.2, 0.25) is 0 Å². The third-order valence-corrected chi connectivity index (χ3v) is 1.43. The molecule has 0 aromatic rings. The fraction of sp³-hybridized carbons (Fsp3) is 0.600. The Morgan fingerprint density at radius 2 is 1.20 bits per heavy atom. The summed E-state index contributed by atoms with van der Waals surface area (Å²) in [6.45, 7) is 0. The molecule has 5 nitrogen and oxygen atoms in total. The van der Waals surface area contributed by atoms with E-state index in [-0.39, 0.29) is 0 Å². The van der Waals surface area contributed by atoms with Crippen LogP contribution in [0.15, 0.2) is 0 Å². The van der Waals surface area contributed by atoms with Crippen molar-refractivity contribution in [3.05, 3.63) is 0 Å². The summed E-state index contributed by atoms with van der Waals surface area (Å²) < 4.78 is 0. The van der Waals surface area contributed by atoms with Crippen molar-refractivity contribution in [3.63, 3.8) is 0 Å². The van der Waals surface area contributed by atoms with Crippen molar-refractivity contribution in [1.29, 1.82) is 0 Å². The van der Waals surface area contributed by atoms with Crippen LogP contribution >= 0.6 is 0 Å². The maximum atomic E-state index is 10.4. The molecule has 5 heteroatoms. The summed E-state index contributed by atoms with van der Waals surface area (Å²) in [5, 5.41) is 25.9. The summed E-state index contributed by atoms with van der Waals surface area (Å²) in [6.07, 6.45) is -5.15. The molecule has 0 radical (unpaired) electrons. The Morgan fingerprint density at radius 3 is 1.30 bits per heavy atom. The highest BCUT2D eigenvalue weighted by Gasteiger charge is 2.47. The minimum Gasteiger partial charge on any atom is -0.387 e. The summed E-state index contributed by atoms with van der Waals surface area (Å²) in [4.78, 5) is 20.8. The number of carbonyl (C=O) groups excluding carboxylic acids is 2. The van der Waals surface area contributed by atoms with Gasteiger partial charge in [0.05, 0.1) is 0 Å². The highest BCUT2D eigenvalue weighted by molar-refractivity contribution is 6.43. The molecule has 1 saturated carbocycles. The largest absolute Gasteiger partial charge is 0.387 e. The first-order chi connectivity index (χ1) is 4.55. The van der Waals surface area contributed by atoms with Crippen LogP contribution in [0.4, 0.5) is 0 Å². The van der Waals surface area contributed by atoms with E-state index < -0.39 is 29.9 Å². The normalized spacial score (nSPS) is 40.9. The molecule has 1 aliphatic carbocycles. The number of rotatable bonds is 0. The Balaban J connectivity index is 2.89. The van der Waals surface area contributed by atoms with Gasteiger partial charge in [0.2, 0.25) is 11.6 Å². The SMILES string of the molecule is O=C1C(=O)C(O)C(O)C1O. The molecular formula is C5H6O5. The van der Waals surface area contributed by atoms with Crippen molar-refractivity contribution in [2.24, 2.45) is 0 Å². The molecule has 10 heavy (non-hydrogen) atoms. The van der Waals surface area contributed by atoms with Crippen LogP contribution < -0.4 is 0 Å². The van der Waals surface area contributed by atoms with E-state index in [2.05, 4.69) is 0 Å². The monoisotopic (exact) mass is 146 g/mol. The first-order valence-electron chi connectivity index (χ1n) is 2.68. The van der Waals surface area contributed by atoms with E-state index in [0.29, 0.717) is 0 Å². The molecule has 1 fully saturated rings. The zero-order valence-electron chi connectivity index (χ0n) is 4.89. The molecule has 3 N–H and O–H groups in total. The molecule has 0 spiro atoms. The van der Waals surface area contributed by atoms with E-state index in [4.69, 9.17) is 15.3 Å². The van der Waals surface area contributed by atoms with Gasteiger partial charge in [-0.25, -0.2) is 0 Å². The minimum atomic E-state index is -1.75. The molecule has 56 valence electrons. The summed E-state index contributed by atoms with van der Waals surface area (Å²) in [6, 6.07) is 0. The molecule has 2 unspecified atom stereocenters. The van der Waals surface area contributed by atoms with E-state index >= 15 is 0 Å². The van der Waals surface area contributed by atoms with Crippen molar-refractivity contribution in [2.45, 2.75) is 18.3 Å². The highest BCUT2D eigenvalue weighted by atomic mass is 16.4. The van der Waals surface area contributed by atoms with Crippen molar-refractivity contribution in [1.82, 2.24) is 0 Å².